The van der Waals surface area contributed by atoms with E-state index < -0.39 is 0 Å². The summed E-state index contributed by atoms with van der Waals surface area (Å²) in [5.74, 6) is 1.46. The number of ketones is 1. The highest BCUT2D eigenvalue weighted by Crippen LogP contribution is 2.68. The molecule has 96 valence electrons. The number of ether oxygens (including phenoxy) is 1. The first-order valence-electron chi connectivity index (χ1n) is 6.47. The molecule has 0 aromatic carbocycles. The zero-order chi connectivity index (χ0) is 12.6. The molecular formula is C14H23NO2. The number of methoxy groups -OCH3 is 1. The molecule has 0 aromatic rings. The number of nitrogens with one attached hydrogen (secondary N) is 1. The van der Waals surface area contributed by atoms with E-state index in [9.17, 15) is 4.79 Å². The largest absolute Gasteiger partial charge is 0.388 e. The van der Waals surface area contributed by atoms with Crippen LogP contribution in [0.1, 0.15) is 33.6 Å². The summed E-state index contributed by atoms with van der Waals surface area (Å²) in [6, 6.07) is 0. The van der Waals surface area contributed by atoms with Crippen molar-refractivity contribution in [1.82, 2.24) is 5.32 Å². The van der Waals surface area contributed by atoms with Crippen molar-refractivity contribution in [3.05, 3.63) is 11.3 Å². The Bertz CT molecular complexity index is 357. The lowest BCUT2D eigenvalue weighted by Crippen LogP contribution is -2.20. The Kier molecular flexibility index (Phi) is 3.30. The quantitative estimate of drug-likeness (QED) is 0.588. The van der Waals surface area contributed by atoms with Crippen LogP contribution in [0.5, 0.6) is 0 Å². The average molecular weight is 237 g/mol. The zero-order valence-electron chi connectivity index (χ0n) is 11.3. The summed E-state index contributed by atoms with van der Waals surface area (Å²) in [5, 5.41) is 3.36. The molecule has 0 aliphatic heterocycles. The Labute approximate surface area is 104 Å². The smallest absolute Gasteiger partial charge is 0.161 e. The molecule has 0 saturated heterocycles. The number of hydrogen-bond acceptors (Lipinski definition) is 3. The van der Waals surface area contributed by atoms with Crippen molar-refractivity contribution in [2.45, 2.75) is 33.6 Å². The van der Waals surface area contributed by atoms with Gasteiger partial charge in [0, 0.05) is 38.0 Å². The summed E-state index contributed by atoms with van der Waals surface area (Å²) in [6.45, 7) is 8.23. The maximum Gasteiger partial charge on any atom is 0.161 e. The van der Waals surface area contributed by atoms with Crippen LogP contribution in [0.25, 0.3) is 0 Å². The minimum Gasteiger partial charge on any atom is -0.388 e. The molecule has 2 aliphatic rings. The van der Waals surface area contributed by atoms with Gasteiger partial charge in [-0.15, -0.1) is 0 Å². The molecule has 2 aliphatic carbocycles. The molecule has 0 bridgehead atoms. The molecule has 2 fully saturated rings. The predicted molar refractivity (Wildman–Crippen MR) is 67.6 cm³/mol. The molecule has 0 aromatic heterocycles. The lowest BCUT2D eigenvalue weighted by atomic mass is 9.95. The van der Waals surface area contributed by atoms with Gasteiger partial charge in [0.15, 0.2) is 5.78 Å². The fourth-order valence-corrected chi connectivity index (χ4v) is 3.21. The second kappa shape index (κ2) is 4.45. The first-order valence-corrected chi connectivity index (χ1v) is 6.47. The highest BCUT2D eigenvalue weighted by atomic mass is 16.5. The van der Waals surface area contributed by atoms with Gasteiger partial charge in [0.2, 0.25) is 0 Å². The Morgan fingerprint density at radius 1 is 1.53 bits per heavy atom. The number of rotatable bonds is 5. The van der Waals surface area contributed by atoms with E-state index in [-0.39, 0.29) is 0 Å². The normalized spacial score (nSPS) is 32.4. The minimum absolute atomic E-state index is 0.346. The van der Waals surface area contributed by atoms with E-state index in [1.165, 1.54) is 0 Å². The molecule has 3 heteroatoms. The van der Waals surface area contributed by atoms with Crippen molar-refractivity contribution >= 4 is 5.78 Å². The molecule has 0 radical (unpaired) electrons. The van der Waals surface area contributed by atoms with E-state index in [0.29, 0.717) is 23.0 Å². The molecule has 2 saturated carbocycles. The summed E-state index contributed by atoms with van der Waals surface area (Å²) < 4.78 is 5.01. The summed E-state index contributed by atoms with van der Waals surface area (Å²) in [4.78, 5) is 11.9. The molecule has 0 spiro atoms. The van der Waals surface area contributed by atoms with Gasteiger partial charge in [0.25, 0.3) is 0 Å². The third kappa shape index (κ3) is 2.13. The van der Waals surface area contributed by atoms with Crippen LogP contribution < -0.4 is 5.32 Å². The molecule has 0 heterocycles. The molecule has 2 unspecified atom stereocenters. The van der Waals surface area contributed by atoms with Gasteiger partial charge in [-0.25, -0.2) is 0 Å². The first-order chi connectivity index (χ1) is 8.00. The number of fused-ring (bicyclic) bond motifs is 1. The molecule has 1 N–H and O–H groups in total. The summed E-state index contributed by atoms with van der Waals surface area (Å²) in [5.41, 5.74) is 2.50. The summed E-state index contributed by atoms with van der Waals surface area (Å²) in [7, 11) is 1.71. The minimum atomic E-state index is 0.346. The molecule has 2 rings (SSSR count). The van der Waals surface area contributed by atoms with Gasteiger partial charge in [0.1, 0.15) is 0 Å². The molecule has 17 heavy (non-hydrogen) atoms. The van der Waals surface area contributed by atoms with Crippen molar-refractivity contribution < 1.29 is 9.53 Å². The van der Waals surface area contributed by atoms with E-state index in [0.717, 1.165) is 37.3 Å². The maximum atomic E-state index is 11.9. The fourth-order valence-electron chi connectivity index (χ4n) is 3.21. The Morgan fingerprint density at radius 2 is 2.24 bits per heavy atom. The van der Waals surface area contributed by atoms with Crippen LogP contribution in [0.3, 0.4) is 0 Å². The highest BCUT2D eigenvalue weighted by Gasteiger charge is 2.65. The number of hydrogen-bond donors (Lipinski definition) is 1. The maximum absolute atomic E-state index is 11.9. The lowest BCUT2D eigenvalue weighted by Gasteiger charge is -2.14. The van der Waals surface area contributed by atoms with Gasteiger partial charge in [-0.1, -0.05) is 13.8 Å². The standard InChI is InChI=1S/C14H23NO2/c1-9(15-6-5-7-17-4)12-11(16)8-10-13(12)14(10,2)3/h10,13,15H,5-8H2,1-4H3. The fraction of sp³-hybridized carbons (Fsp3) is 0.786. The van der Waals surface area contributed by atoms with Crippen LogP contribution in [-0.4, -0.2) is 26.0 Å². The SMILES string of the molecule is COCCCNC(C)=C1C(=O)CC2C1C2(C)C. The topological polar surface area (TPSA) is 38.3 Å². The van der Waals surface area contributed by atoms with Crippen LogP contribution >= 0.6 is 0 Å². The summed E-state index contributed by atoms with van der Waals surface area (Å²) in [6.07, 6.45) is 1.73. The lowest BCUT2D eigenvalue weighted by molar-refractivity contribution is -0.115. The van der Waals surface area contributed by atoms with E-state index in [2.05, 4.69) is 19.2 Å². The first kappa shape index (κ1) is 12.6. The van der Waals surface area contributed by atoms with Crippen LogP contribution in [0.2, 0.25) is 0 Å². The zero-order valence-corrected chi connectivity index (χ0v) is 11.3. The number of carbonyl (C=O) groups is 1. The molecule has 0 amide bonds. The molecular weight excluding hydrogens is 214 g/mol. The van der Waals surface area contributed by atoms with E-state index in [4.69, 9.17) is 4.74 Å². The van der Waals surface area contributed by atoms with Gasteiger partial charge in [-0.2, -0.15) is 0 Å². The van der Waals surface area contributed by atoms with Crippen molar-refractivity contribution in [2.75, 3.05) is 20.3 Å². The van der Waals surface area contributed by atoms with Crippen LogP contribution in [0, 0.1) is 17.3 Å². The van der Waals surface area contributed by atoms with Gasteiger partial charge in [-0.3, -0.25) is 4.79 Å². The van der Waals surface area contributed by atoms with E-state index in [1.54, 1.807) is 7.11 Å². The van der Waals surface area contributed by atoms with E-state index >= 15 is 0 Å². The van der Waals surface area contributed by atoms with Gasteiger partial charge in [-0.05, 0) is 30.6 Å². The van der Waals surface area contributed by atoms with Crippen LogP contribution in [0.4, 0.5) is 0 Å². The highest BCUT2D eigenvalue weighted by molar-refractivity contribution is 6.01. The van der Waals surface area contributed by atoms with Crippen LogP contribution in [-0.2, 0) is 9.53 Å². The van der Waals surface area contributed by atoms with Crippen molar-refractivity contribution in [1.29, 1.82) is 0 Å². The monoisotopic (exact) mass is 237 g/mol. The Hall–Kier alpha value is -0.830. The third-order valence-corrected chi connectivity index (χ3v) is 4.39. The number of carbonyl (C=O) groups excluding carboxylic acids is 1. The Morgan fingerprint density at radius 3 is 2.82 bits per heavy atom. The second-order valence-electron chi connectivity index (χ2n) is 5.84. The molecule has 2 atom stereocenters. The Balaban J connectivity index is 1.97. The molecule has 3 nitrogen and oxygen atoms in total. The van der Waals surface area contributed by atoms with Crippen molar-refractivity contribution in [2.24, 2.45) is 17.3 Å². The second-order valence-corrected chi connectivity index (χ2v) is 5.84. The number of Topliss-reactive ketones (excluding diaryl/α,β-unsaturated/α-hetero) is 1. The van der Waals surface area contributed by atoms with Gasteiger partial charge in [0.05, 0.1) is 0 Å². The van der Waals surface area contributed by atoms with E-state index in [1.807, 2.05) is 6.92 Å². The third-order valence-electron chi connectivity index (χ3n) is 4.39. The van der Waals surface area contributed by atoms with Crippen LogP contribution in [0.15, 0.2) is 11.3 Å². The van der Waals surface area contributed by atoms with Crippen molar-refractivity contribution in [3.8, 4) is 0 Å². The summed E-state index contributed by atoms with van der Waals surface area (Å²) >= 11 is 0. The average Bonchev–Trinajstić information content (AvgIpc) is 2.64. The number of allylic oxidation sites excluding steroid dienone is 2. The van der Waals surface area contributed by atoms with Gasteiger partial charge >= 0.3 is 0 Å². The predicted octanol–water partition coefficient (Wildman–Crippen LogP) is 2.13. The van der Waals surface area contributed by atoms with Gasteiger partial charge < -0.3 is 10.1 Å². The van der Waals surface area contributed by atoms with Crippen molar-refractivity contribution in [3.63, 3.8) is 0 Å².